The first-order chi connectivity index (χ1) is 12.0. The molecule has 0 aliphatic carbocycles. The molecule has 0 saturated carbocycles. The molecule has 158 valence electrons. The van der Waals surface area contributed by atoms with Gasteiger partial charge in [-0.2, -0.15) is 0 Å². The van der Waals surface area contributed by atoms with Crippen molar-refractivity contribution >= 4 is 46.7 Å². The second-order valence-electron chi connectivity index (χ2n) is 6.29. The third-order valence-electron chi connectivity index (χ3n) is 3.36. The zero-order chi connectivity index (χ0) is 20.3. The first-order valence-corrected chi connectivity index (χ1v) is 9.43. The van der Waals surface area contributed by atoms with E-state index in [1.807, 2.05) is 13.8 Å². The number of nitrogens with one attached hydrogen (secondary N) is 2. The number of amides is 1. The van der Waals surface area contributed by atoms with Crippen LogP contribution in [0.25, 0.3) is 5.43 Å². The molecule has 1 aliphatic heterocycles. The number of rotatable bonds is 6. The zero-order valence-electron chi connectivity index (χ0n) is 15.7. The minimum absolute atomic E-state index is 0. The van der Waals surface area contributed by atoms with Crippen LogP contribution >= 0.6 is 34.8 Å². The molecule has 0 spiro atoms. The van der Waals surface area contributed by atoms with E-state index in [0.717, 1.165) is 6.42 Å². The smallest absolute Gasteiger partial charge is 0.321 e. The van der Waals surface area contributed by atoms with Gasteiger partial charge < -0.3 is 31.7 Å². The summed E-state index contributed by atoms with van der Waals surface area (Å²) in [5.41, 5.74) is 12.1. The Hall–Kier alpha value is 0.702. The molecule has 0 bridgehead atoms. The molecule has 0 aromatic rings. The topological polar surface area (TPSA) is 128 Å². The van der Waals surface area contributed by atoms with Gasteiger partial charge in [-0.05, 0) is 19.3 Å². The van der Waals surface area contributed by atoms with Crippen LogP contribution in [-0.4, -0.2) is 58.7 Å². The summed E-state index contributed by atoms with van der Waals surface area (Å²) in [7, 11) is 0. The quantitative estimate of drug-likeness (QED) is 0.250. The van der Waals surface area contributed by atoms with E-state index in [9.17, 15) is 9.59 Å². The number of carbonyl (C=O) groups is 2. The van der Waals surface area contributed by atoms with E-state index in [4.69, 9.17) is 50.4 Å². The van der Waals surface area contributed by atoms with Crippen LogP contribution in [0.2, 0.25) is 0 Å². The van der Waals surface area contributed by atoms with Crippen molar-refractivity contribution in [1.82, 2.24) is 10.7 Å². The van der Waals surface area contributed by atoms with Gasteiger partial charge in [0, 0.05) is 37.2 Å². The van der Waals surface area contributed by atoms with Gasteiger partial charge in [-0.15, -0.1) is 6.54 Å². The van der Waals surface area contributed by atoms with E-state index in [2.05, 4.69) is 16.2 Å². The van der Waals surface area contributed by atoms with Crippen LogP contribution in [0.1, 0.15) is 33.6 Å². The Bertz CT molecular complexity index is 436. The van der Waals surface area contributed by atoms with Gasteiger partial charge in [0.15, 0.2) is 0 Å². The summed E-state index contributed by atoms with van der Waals surface area (Å²) in [6.45, 7) is 5.91. The Morgan fingerprint density at radius 1 is 1.37 bits per heavy atom. The van der Waals surface area contributed by atoms with Crippen LogP contribution in [0, 0.1) is 37.0 Å². The molecule has 1 heterocycles. The van der Waals surface area contributed by atoms with E-state index in [1.165, 1.54) is 0 Å². The molecule has 12 heteroatoms. The normalized spacial score (nSPS) is 19.1. The number of aliphatic hydroxyl groups excluding tert-OH is 1. The maximum absolute atomic E-state index is 11.3. The molecule has 1 rings (SSSR count). The fourth-order valence-electron chi connectivity index (χ4n) is 1.73. The van der Waals surface area contributed by atoms with Gasteiger partial charge in [0.1, 0.15) is 6.61 Å². The number of hydrogen-bond acceptors (Lipinski definition) is 6. The Morgan fingerprint density at radius 3 is 2.37 bits per heavy atom. The predicted molar refractivity (Wildman–Crippen MR) is 103 cm³/mol. The van der Waals surface area contributed by atoms with Gasteiger partial charge in [0.05, 0.1) is 18.7 Å². The summed E-state index contributed by atoms with van der Waals surface area (Å²) in [6.07, 6.45) is 1.56. The first-order valence-electron chi connectivity index (χ1n) is 8.30. The number of ether oxygens (including phenoxy) is 1. The van der Waals surface area contributed by atoms with Crippen molar-refractivity contribution < 1.29 is 50.5 Å². The van der Waals surface area contributed by atoms with Crippen LogP contribution in [0.4, 0.5) is 0 Å². The molecular formula is C15H28Cl3N4O4U-. The van der Waals surface area contributed by atoms with Crippen LogP contribution in [0.15, 0.2) is 0 Å². The van der Waals surface area contributed by atoms with Gasteiger partial charge >= 0.3 is 5.97 Å². The van der Waals surface area contributed by atoms with Crippen molar-refractivity contribution in [2.24, 2.45) is 11.7 Å². The minimum Gasteiger partial charge on any atom is -0.597 e. The maximum Gasteiger partial charge on any atom is 0.321 e. The number of carbonyl (C=O) groups excluding carboxylic acids is 2. The number of aliphatic hydroxyl groups is 1. The molecule has 1 fully saturated rings. The molecular weight excluding hydrogens is 645 g/mol. The summed E-state index contributed by atoms with van der Waals surface area (Å²) >= 11 is 16.3. The molecule has 0 aromatic carbocycles. The van der Waals surface area contributed by atoms with Gasteiger partial charge in [0.2, 0.25) is 9.70 Å². The molecule has 0 radical (unpaired) electrons. The predicted octanol–water partition coefficient (Wildman–Crippen LogP) is 1.41. The molecule has 5 N–H and O–H groups in total. The second-order valence-corrected chi connectivity index (χ2v) is 8.81. The SMILES string of the molecule is CC(C)C(N)C(=O)N[C@@H](C)CO.O=C(OCC(Cl)(Cl)Cl)[C@@H]1CCC[N-]N1.[U]. The fraction of sp³-hybridized carbons (Fsp3) is 0.867. The average molecular weight is 673 g/mol. The third-order valence-corrected chi connectivity index (χ3v) is 3.68. The van der Waals surface area contributed by atoms with E-state index >= 15 is 0 Å². The standard InChI is InChI=1S/C8H18N2O2.C7H10Cl3N2O2.U/c1-5(2)7(9)8(12)10-6(3)4-11;8-7(9,10)4-14-6(13)5-2-1-3-11-12-5;/h5-7,11H,4,9H2,1-3H3,(H,10,12);5,12H,1-4H2;/q;-1;/t6-,7?;5-;/m00./s1. The molecule has 0 aromatic heterocycles. The van der Waals surface area contributed by atoms with Crippen molar-refractivity contribution in [3.8, 4) is 0 Å². The van der Waals surface area contributed by atoms with Crippen LogP contribution in [0.5, 0.6) is 0 Å². The Balaban J connectivity index is 0. The molecule has 8 nitrogen and oxygen atoms in total. The summed E-state index contributed by atoms with van der Waals surface area (Å²) in [4.78, 5) is 22.5. The molecule has 1 aliphatic rings. The summed E-state index contributed by atoms with van der Waals surface area (Å²) < 4.78 is 3.23. The number of nitrogens with two attached hydrogens (primary N) is 1. The fourth-order valence-corrected chi connectivity index (χ4v) is 1.89. The Kier molecular flexibility index (Phi) is 17.2. The van der Waals surface area contributed by atoms with E-state index < -0.39 is 21.8 Å². The van der Waals surface area contributed by atoms with Crippen molar-refractivity contribution in [2.75, 3.05) is 19.8 Å². The molecule has 3 atom stereocenters. The van der Waals surface area contributed by atoms with E-state index in [1.54, 1.807) is 6.92 Å². The summed E-state index contributed by atoms with van der Waals surface area (Å²) in [5, 5.41) is 11.2. The van der Waals surface area contributed by atoms with Crippen LogP contribution < -0.4 is 16.5 Å². The van der Waals surface area contributed by atoms with Crippen molar-refractivity contribution in [2.45, 2.75) is 55.5 Å². The van der Waals surface area contributed by atoms with Crippen molar-refractivity contribution in [1.29, 1.82) is 0 Å². The van der Waals surface area contributed by atoms with Gasteiger partial charge in [-0.1, -0.05) is 55.1 Å². The summed E-state index contributed by atoms with van der Waals surface area (Å²) in [6, 6.07) is -1.11. The van der Waals surface area contributed by atoms with E-state index in [-0.39, 0.29) is 62.2 Å². The largest absolute Gasteiger partial charge is 0.597 e. The Labute approximate surface area is 199 Å². The minimum atomic E-state index is -1.55. The third kappa shape index (κ3) is 15.2. The van der Waals surface area contributed by atoms with Gasteiger partial charge in [-0.3, -0.25) is 9.59 Å². The van der Waals surface area contributed by atoms with Gasteiger partial charge in [-0.25, -0.2) is 0 Å². The Morgan fingerprint density at radius 2 is 1.96 bits per heavy atom. The van der Waals surface area contributed by atoms with Crippen LogP contribution in [-0.2, 0) is 14.3 Å². The molecule has 1 saturated heterocycles. The average Bonchev–Trinajstić information content (AvgIpc) is 2.59. The maximum atomic E-state index is 11.3. The first kappa shape index (κ1) is 29.9. The molecule has 27 heavy (non-hydrogen) atoms. The van der Waals surface area contributed by atoms with Gasteiger partial charge in [0.25, 0.3) is 0 Å². The van der Waals surface area contributed by atoms with E-state index in [0.29, 0.717) is 13.0 Å². The monoisotopic (exact) mass is 671 g/mol. The summed E-state index contributed by atoms with van der Waals surface area (Å²) in [5.74, 6) is -0.512. The number of hydrogen-bond donors (Lipinski definition) is 4. The number of esters is 1. The number of alkyl halides is 3. The molecule has 1 amide bonds. The number of halogens is 3. The number of nitrogens with zero attached hydrogens (tertiary/aromatic N) is 1. The van der Waals surface area contributed by atoms with Crippen molar-refractivity contribution in [3.63, 3.8) is 0 Å². The van der Waals surface area contributed by atoms with Crippen LogP contribution in [0.3, 0.4) is 0 Å². The zero-order valence-corrected chi connectivity index (χ0v) is 22.1. The molecule has 1 unspecified atom stereocenters. The van der Waals surface area contributed by atoms with Crippen molar-refractivity contribution in [3.05, 3.63) is 5.43 Å². The second kappa shape index (κ2) is 15.5.